The van der Waals surface area contributed by atoms with Gasteiger partial charge in [-0.15, -0.1) is 0 Å². The van der Waals surface area contributed by atoms with Gasteiger partial charge in [-0.3, -0.25) is 14.4 Å². The van der Waals surface area contributed by atoms with Gasteiger partial charge in [0.05, 0.1) is 17.7 Å². The Morgan fingerprint density at radius 1 is 1.13 bits per heavy atom. The highest BCUT2D eigenvalue weighted by atomic mass is 16.3. The van der Waals surface area contributed by atoms with Gasteiger partial charge < -0.3 is 14.9 Å². The highest BCUT2D eigenvalue weighted by Gasteiger charge is 2.54. The molecule has 2 aliphatic heterocycles. The Hall–Kier alpha value is -2.74. The Bertz CT molecular complexity index is 1050. The molecule has 1 N–H and O–H groups in total. The minimum atomic E-state index is -0.475. The van der Waals surface area contributed by atoms with E-state index in [1.807, 2.05) is 30.9 Å². The highest BCUT2D eigenvalue weighted by Crippen LogP contribution is 2.42. The van der Waals surface area contributed by atoms with E-state index in [4.69, 9.17) is 0 Å². The van der Waals surface area contributed by atoms with E-state index in [-0.39, 0.29) is 36.4 Å². The summed E-state index contributed by atoms with van der Waals surface area (Å²) in [7, 11) is 0. The van der Waals surface area contributed by atoms with Gasteiger partial charge in [0.15, 0.2) is 0 Å². The maximum Gasteiger partial charge on any atom is 0.275 e. The molecule has 0 bridgehead atoms. The maximum absolute atomic E-state index is 13.0. The van der Waals surface area contributed by atoms with Crippen LogP contribution in [0.2, 0.25) is 0 Å². The van der Waals surface area contributed by atoms with Gasteiger partial charge in [-0.25, -0.2) is 4.68 Å². The number of hydrogen-bond acceptors (Lipinski definition) is 5. The molecule has 0 unspecified atom stereocenters. The van der Waals surface area contributed by atoms with Crippen LogP contribution >= 0.6 is 0 Å². The second-order valence-electron chi connectivity index (χ2n) is 8.61. The number of nitrogens with zero attached hydrogens (tertiary/aromatic N) is 4. The average Bonchev–Trinajstić information content (AvgIpc) is 3.27. The Morgan fingerprint density at radius 2 is 1.77 bits per heavy atom. The lowest BCUT2D eigenvalue weighted by molar-refractivity contribution is -0.132. The molecule has 4 rings (SSSR count). The molecular formula is C22H28N4O4. The Balaban J connectivity index is 1.50. The number of likely N-dealkylation sites (tertiary alicyclic amines) is 2. The third kappa shape index (κ3) is 3.39. The molecule has 2 saturated heterocycles. The molecule has 0 aliphatic carbocycles. The lowest BCUT2D eigenvalue weighted by atomic mass is 9.82. The standard InChI is InChI=1S/C22H28N4O4/c1-3-6-19(28)24-9-16-10-25(13-22(16,12-24)14-27)20(29)11-26-21(30)18-8-5-4-7-17(18)15(2)23-26/h4-5,7-8,16,27H,3,6,9-14H2,1-2H3/t16-,22+/m1/s1. The van der Waals surface area contributed by atoms with Crippen molar-refractivity contribution in [1.82, 2.24) is 19.6 Å². The monoisotopic (exact) mass is 412 g/mol. The van der Waals surface area contributed by atoms with Gasteiger partial charge >= 0.3 is 0 Å². The number of amides is 2. The molecule has 1 aromatic carbocycles. The van der Waals surface area contributed by atoms with Crippen molar-refractivity contribution in [3.63, 3.8) is 0 Å². The van der Waals surface area contributed by atoms with Gasteiger partial charge in [0.2, 0.25) is 11.8 Å². The first kappa shape index (κ1) is 20.5. The van der Waals surface area contributed by atoms with Crippen molar-refractivity contribution in [1.29, 1.82) is 0 Å². The number of carbonyl (C=O) groups excluding carboxylic acids is 2. The molecule has 30 heavy (non-hydrogen) atoms. The molecule has 1 aromatic heterocycles. The third-order valence-electron chi connectivity index (χ3n) is 6.58. The third-order valence-corrected chi connectivity index (χ3v) is 6.58. The van der Waals surface area contributed by atoms with Gasteiger partial charge in [0.25, 0.3) is 5.56 Å². The summed E-state index contributed by atoms with van der Waals surface area (Å²) >= 11 is 0. The number of benzene rings is 1. The van der Waals surface area contributed by atoms with Crippen LogP contribution in [0.15, 0.2) is 29.1 Å². The zero-order valence-electron chi connectivity index (χ0n) is 17.5. The van der Waals surface area contributed by atoms with Crippen molar-refractivity contribution in [2.24, 2.45) is 11.3 Å². The number of fused-ring (bicyclic) bond motifs is 2. The topological polar surface area (TPSA) is 95.7 Å². The number of carbonyl (C=O) groups is 2. The van der Waals surface area contributed by atoms with E-state index in [0.29, 0.717) is 43.7 Å². The molecule has 2 fully saturated rings. The van der Waals surface area contributed by atoms with Crippen LogP contribution in [0.4, 0.5) is 0 Å². The van der Waals surface area contributed by atoms with Crippen LogP contribution in [0.25, 0.3) is 10.8 Å². The molecule has 3 heterocycles. The van der Waals surface area contributed by atoms with Gasteiger partial charge in [0, 0.05) is 49.3 Å². The van der Waals surface area contributed by atoms with Crippen molar-refractivity contribution >= 4 is 22.6 Å². The van der Waals surface area contributed by atoms with Crippen LogP contribution in [0.3, 0.4) is 0 Å². The SMILES string of the molecule is CCCC(=O)N1C[C@@H]2CN(C(=O)Cn3nc(C)c4ccccc4c3=O)C[C@]2(CO)C1. The normalized spacial score (nSPS) is 23.2. The fraction of sp³-hybridized carbons (Fsp3) is 0.545. The molecule has 0 radical (unpaired) electrons. The largest absolute Gasteiger partial charge is 0.396 e. The molecule has 160 valence electrons. The molecule has 8 nitrogen and oxygen atoms in total. The summed E-state index contributed by atoms with van der Waals surface area (Å²) in [5.74, 6) is -0.0248. The first-order valence-electron chi connectivity index (χ1n) is 10.5. The number of hydrogen-bond donors (Lipinski definition) is 1. The van der Waals surface area contributed by atoms with Crippen molar-refractivity contribution < 1.29 is 14.7 Å². The number of aryl methyl sites for hydroxylation is 1. The van der Waals surface area contributed by atoms with Crippen molar-refractivity contribution in [3.05, 3.63) is 40.3 Å². The first-order chi connectivity index (χ1) is 14.4. The Morgan fingerprint density at radius 3 is 2.37 bits per heavy atom. The second-order valence-corrected chi connectivity index (χ2v) is 8.61. The van der Waals surface area contributed by atoms with Gasteiger partial charge in [0.1, 0.15) is 6.54 Å². The number of rotatable bonds is 5. The molecule has 0 spiro atoms. The van der Waals surface area contributed by atoms with Gasteiger partial charge in [-0.05, 0) is 19.4 Å². The van der Waals surface area contributed by atoms with Gasteiger partial charge in [-0.1, -0.05) is 25.1 Å². The number of aromatic nitrogens is 2. The second kappa shape index (κ2) is 7.83. The van der Waals surface area contributed by atoms with Crippen LogP contribution in [0, 0.1) is 18.3 Å². The van der Waals surface area contributed by atoms with Crippen LogP contribution < -0.4 is 5.56 Å². The fourth-order valence-electron chi connectivity index (χ4n) is 4.90. The quantitative estimate of drug-likeness (QED) is 0.783. The number of aliphatic hydroxyl groups excluding tert-OH is 1. The summed E-state index contributed by atoms with van der Waals surface area (Å²) < 4.78 is 1.23. The summed E-state index contributed by atoms with van der Waals surface area (Å²) in [5.41, 5.74) is -0.0538. The minimum Gasteiger partial charge on any atom is -0.396 e. The van der Waals surface area contributed by atoms with Crippen LogP contribution in [0.5, 0.6) is 0 Å². The Kier molecular flexibility index (Phi) is 5.36. The number of aliphatic hydroxyl groups is 1. The van der Waals surface area contributed by atoms with E-state index >= 15 is 0 Å². The van der Waals surface area contributed by atoms with E-state index in [1.54, 1.807) is 17.0 Å². The predicted molar refractivity (Wildman–Crippen MR) is 112 cm³/mol. The summed E-state index contributed by atoms with van der Waals surface area (Å²) in [5, 5.41) is 15.8. The smallest absolute Gasteiger partial charge is 0.275 e. The summed E-state index contributed by atoms with van der Waals surface area (Å²) in [6.45, 7) is 5.52. The zero-order chi connectivity index (χ0) is 21.5. The van der Waals surface area contributed by atoms with E-state index in [1.165, 1.54) is 4.68 Å². The lowest BCUT2D eigenvalue weighted by Crippen LogP contribution is -2.42. The van der Waals surface area contributed by atoms with Gasteiger partial charge in [-0.2, -0.15) is 5.10 Å². The van der Waals surface area contributed by atoms with Crippen molar-refractivity contribution in [3.8, 4) is 0 Å². The summed E-state index contributed by atoms with van der Waals surface area (Å²) in [6.07, 6.45) is 1.30. The van der Waals surface area contributed by atoms with E-state index < -0.39 is 5.41 Å². The Labute approximate surface area is 175 Å². The summed E-state index contributed by atoms with van der Waals surface area (Å²) in [4.78, 5) is 41.6. The van der Waals surface area contributed by atoms with E-state index in [0.717, 1.165) is 11.8 Å². The fourth-order valence-corrected chi connectivity index (χ4v) is 4.90. The van der Waals surface area contributed by atoms with E-state index in [9.17, 15) is 19.5 Å². The van der Waals surface area contributed by atoms with Crippen molar-refractivity contribution in [2.75, 3.05) is 32.8 Å². The van der Waals surface area contributed by atoms with Crippen LogP contribution in [-0.4, -0.2) is 69.3 Å². The van der Waals surface area contributed by atoms with Crippen molar-refractivity contribution in [2.45, 2.75) is 33.2 Å². The zero-order valence-corrected chi connectivity index (χ0v) is 17.5. The molecular weight excluding hydrogens is 384 g/mol. The van der Waals surface area contributed by atoms with Crippen LogP contribution in [0.1, 0.15) is 25.5 Å². The molecule has 2 aliphatic rings. The van der Waals surface area contributed by atoms with Crippen LogP contribution in [-0.2, 0) is 16.1 Å². The van der Waals surface area contributed by atoms with E-state index in [2.05, 4.69) is 5.10 Å². The predicted octanol–water partition coefficient (Wildman–Crippen LogP) is 0.784. The average molecular weight is 412 g/mol. The minimum absolute atomic E-state index is 0.0512. The highest BCUT2D eigenvalue weighted by molar-refractivity contribution is 5.84. The first-order valence-corrected chi connectivity index (χ1v) is 10.5. The molecule has 2 amide bonds. The molecule has 8 heteroatoms. The maximum atomic E-state index is 13.0. The molecule has 0 saturated carbocycles. The molecule has 2 atom stereocenters. The molecule has 2 aromatic rings. The lowest BCUT2D eigenvalue weighted by Gasteiger charge is -2.27. The summed E-state index contributed by atoms with van der Waals surface area (Å²) in [6, 6.07) is 7.26.